The molecule has 2 N–H and O–H groups in total. The number of pyridine rings is 1. The van der Waals surface area contributed by atoms with Gasteiger partial charge in [-0.15, -0.1) is 10.2 Å². The zero-order valence-electron chi connectivity index (χ0n) is 15.4. The van der Waals surface area contributed by atoms with Gasteiger partial charge in [0.15, 0.2) is 5.82 Å². The van der Waals surface area contributed by atoms with Gasteiger partial charge in [-0.1, -0.05) is 6.07 Å². The summed E-state index contributed by atoms with van der Waals surface area (Å²) < 4.78 is 16.2. The van der Waals surface area contributed by atoms with E-state index in [-0.39, 0.29) is 17.9 Å². The molecule has 29 heavy (non-hydrogen) atoms. The molecule has 0 unspecified atom stereocenters. The number of carbonyl (C=O) groups excluding carboxylic acids is 2. The molecule has 0 radical (unpaired) electrons. The van der Waals surface area contributed by atoms with Crippen LogP contribution in [0.2, 0.25) is 0 Å². The van der Waals surface area contributed by atoms with Crippen LogP contribution >= 0.6 is 0 Å². The molecule has 0 atom stereocenters. The number of aryl methyl sites for hydroxylation is 1. The molecule has 1 fully saturated rings. The van der Waals surface area contributed by atoms with E-state index in [4.69, 9.17) is 5.73 Å². The van der Waals surface area contributed by atoms with Crippen molar-refractivity contribution in [1.29, 1.82) is 0 Å². The first kappa shape index (κ1) is 17.5. The Morgan fingerprint density at radius 1 is 1.21 bits per heavy atom. The van der Waals surface area contributed by atoms with Crippen LogP contribution in [0.1, 0.15) is 41.2 Å². The lowest BCUT2D eigenvalue weighted by atomic mass is 9.98. The molecule has 1 aliphatic carbocycles. The first-order chi connectivity index (χ1) is 14.0. The van der Waals surface area contributed by atoms with E-state index in [0.29, 0.717) is 41.0 Å². The molecule has 8 nitrogen and oxygen atoms in total. The largest absolute Gasteiger partial charge is 0.366 e. The normalized spacial score (nSPS) is 16.0. The molecule has 0 spiro atoms. The van der Waals surface area contributed by atoms with Crippen molar-refractivity contribution in [3.05, 3.63) is 53.6 Å². The molecule has 1 saturated carbocycles. The number of carbonyl (C=O) groups is 2. The standard InChI is InChI=1S/C20H17FN6O2/c21-14-8-11-4-7-18(28)27(16(11)9-13(14)19(22)29)17-3-1-2-15(24-17)20-25-23-10-26(20)12-5-6-12/h1-3,8-10,12H,4-7H2,(H2,22,29). The molecule has 1 aliphatic heterocycles. The van der Waals surface area contributed by atoms with Crippen LogP contribution in [0.15, 0.2) is 36.7 Å². The van der Waals surface area contributed by atoms with E-state index in [1.165, 1.54) is 17.0 Å². The third kappa shape index (κ3) is 2.95. The van der Waals surface area contributed by atoms with E-state index in [9.17, 15) is 14.0 Å². The summed E-state index contributed by atoms with van der Waals surface area (Å²) in [5.41, 5.74) is 6.67. The lowest BCUT2D eigenvalue weighted by Crippen LogP contribution is -2.32. The van der Waals surface area contributed by atoms with Gasteiger partial charge >= 0.3 is 0 Å². The molecule has 2 aliphatic rings. The molecular weight excluding hydrogens is 375 g/mol. The smallest absolute Gasteiger partial charge is 0.251 e. The Morgan fingerprint density at radius 3 is 2.79 bits per heavy atom. The highest BCUT2D eigenvalue weighted by molar-refractivity contribution is 6.04. The summed E-state index contributed by atoms with van der Waals surface area (Å²) in [5.74, 6) is -0.753. The Bertz CT molecular complexity index is 1150. The highest BCUT2D eigenvalue weighted by atomic mass is 19.1. The number of halogens is 1. The number of primary amides is 1. The molecular formula is C20H17FN6O2. The second kappa shape index (κ2) is 6.47. The van der Waals surface area contributed by atoms with Crippen molar-refractivity contribution in [1.82, 2.24) is 19.7 Å². The zero-order chi connectivity index (χ0) is 20.1. The van der Waals surface area contributed by atoms with Gasteiger partial charge in [0.2, 0.25) is 5.91 Å². The number of nitrogens with zero attached hydrogens (tertiary/aromatic N) is 5. The number of hydrogen-bond acceptors (Lipinski definition) is 5. The fraction of sp³-hybridized carbons (Fsp3) is 0.250. The number of hydrogen-bond donors (Lipinski definition) is 1. The third-order valence-electron chi connectivity index (χ3n) is 5.24. The van der Waals surface area contributed by atoms with Crippen LogP contribution in [0, 0.1) is 5.82 Å². The molecule has 0 saturated heterocycles. The summed E-state index contributed by atoms with van der Waals surface area (Å²) in [5, 5.41) is 8.18. The number of rotatable bonds is 4. The minimum absolute atomic E-state index is 0.187. The van der Waals surface area contributed by atoms with Crippen LogP contribution in [0.3, 0.4) is 0 Å². The number of aromatic nitrogens is 4. The topological polar surface area (TPSA) is 107 Å². The van der Waals surface area contributed by atoms with Crippen molar-refractivity contribution in [2.75, 3.05) is 4.90 Å². The van der Waals surface area contributed by atoms with Gasteiger partial charge in [0.1, 0.15) is 23.7 Å². The molecule has 0 bridgehead atoms. The van der Waals surface area contributed by atoms with Gasteiger partial charge in [0, 0.05) is 12.5 Å². The summed E-state index contributed by atoms with van der Waals surface area (Å²) in [7, 11) is 0. The number of nitrogens with two attached hydrogens (primary N) is 1. The quantitative estimate of drug-likeness (QED) is 0.734. The van der Waals surface area contributed by atoms with Gasteiger partial charge < -0.3 is 10.3 Å². The average Bonchev–Trinajstić information content (AvgIpc) is 3.44. The highest BCUT2D eigenvalue weighted by Gasteiger charge is 2.30. The summed E-state index contributed by atoms with van der Waals surface area (Å²) in [6, 6.07) is 8.25. The molecule has 3 aromatic rings. The van der Waals surface area contributed by atoms with Crippen LogP contribution in [0.4, 0.5) is 15.9 Å². The molecule has 1 aromatic carbocycles. The third-order valence-corrected chi connectivity index (χ3v) is 5.24. The fourth-order valence-electron chi connectivity index (χ4n) is 3.66. The van der Waals surface area contributed by atoms with Gasteiger partial charge in [-0.25, -0.2) is 9.37 Å². The number of anilines is 2. The molecule has 2 aromatic heterocycles. The summed E-state index contributed by atoms with van der Waals surface area (Å²) >= 11 is 0. The van der Waals surface area contributed by atoms with Gasteiger partial charge in [0.25, 0.3) is 5.91 Å². The van der Waals surface area contributed by atoms with Gasteiger partial charge in [-0.05, 0) is 49.1 Å². The Kier molecular flexibility index (Phi) is 3.90. The second-order valence-corrected chi connectivity index (χ2v) is 7.23. The van der Waals surface area contributed by atoms with Crippen LogP contribution in [-0.4, -0.2) is 31.6 Å². The van der Waals surface area contributed by atoms with E-state index < -0.39 is 11.7 Å². The van der Waals surface area contributed by atoms with Gasteiger partial charge in [-0.2, -0.15) is 0 Å². The second-order valence-electron chi connectivity index (χ2n) is 7.23. The monoisotopic (exact) mass is 392 g/mol. The van der Waals surface area contributed by atoms with Crippen LogP contribution < -0.4 is 10.6 Å². The summed E-state index contributed by atoms with van der Waals surface area (Å²) in [4.78, 5) is 30.4. The van der Waals surface area contributed by atoms with E-state index in [1.807, 2.05) is 4.57 Å². The number of fused-ring (bicyclic) bond motifs is 1. The molecule has 2 amide bonds. The van der Waals surface area contributed by atoms with E-state index >= 15 is 0 Å². The number of amides is 2. The Hall–Kier alpha value is -3.62. The number of benzene rings is 1. The van der Waals surface area contributed by atoms with Crippen LogP contribution in [0.5, 0.6) is 0 Å². The SMILES string of the molecule is NC(=O)c1cc2c(cc1F)CCC(=O)N2c1cccc(-c2nncn2C2CC2)n1. The predicted octanol–water partition coefficient (Wildman–Crippen LogP) is 2.52. The van der Waals surface area contributed by atoms with Gasteiger partial charge in [-0.3, -0.25) is 14.5 Å². The van der Waals surface area contributed by atoms with Gasteiger partial charge in [0.05, 0.1) is 11.3 Å². The first-order valence-corrected chi connectivity index (χ1v) is 9.35. The van der Waals surface area contributed by atoms with Crippen molar-refractivity contribution in [2.45, 2.75) is 31.7 Å². The molecule has 9 heteroatoms. The van der Waals surface area contributed by atoms with Crippen LogP contribution in [-0.2, 0) is 11.2 Å². The maximum absolute atomic E-state index is 14.2. The van der Waals surface area contributed by atoms with Crippen molar-refractivity contribution in [3.63, 3.8) is 0 Å². The lowest BCUT2D eigenvalue weighted by molar-refractivity contribution is -0.118. The molecule has 5 rings (SSSR count). The zero-order valence-corrected chi connectivity index (χ0v) is 15.4. The van der Waals surface area contributed by atoms with Crippen molar-refractivity contribution in [2.24, 2.45) is 5.73 Å². The molecule has 146 valence electrons. The minimum Gasteiger partial charge on any atom is -0.366 e. The lowest BCUT2D eigenvalue weighted by Gasteiger charge is -2.29. The predicted molar refractivity (Wildman–Crippen MR) is 102 cm³/mol. The fourth-order valence-corrected chi connectivity index (χ4v) is 3.66. The highest BCUT2D eigenvalue weighted by Crippen LogP contribution is 2.38. The summed E-state index contributed by atoms with van der Waals surface area (Å²) in [6.45, 7) is 0. The van der Waals surface area contributed by atoms with E-state index in [0.717, 1.165) is 12.8 Å². The molecule has 3 heterocycles. The van der Waals surface area contributed by atoms with Crippen molar-refractivity contribution in [3.8, 4) is 11.5 Å². The first-order valence-electron chi connectivity index (χ1n) is 9.35. The summed E-state index contributed by atoms with van der Waals surface area (Å²) in [6.07, 6.45) is 4.43. The average molecular weight is 392 g/mol. The van der Waals surface area contributed by atoms with Crippen LogP contribution in [0.25, 0.3) is 11.5 Å². The maximum Gasteiger partial charge on any atom is 0.251 e. The van der Waals surface area contributed by atoms with Crippen molar-refractivity contribution < 1.29 is 14.0 Å². The Morgan fingerprint density at radius 2 is 2.03 bits per heavy atom. The Balaban J connectivity index is 1.61. The maximum atomic E-state index is 14.2. The van der Waals surface area contributed by atoms with Crippen molar-refractivity contribution >= 4 is 23.3 Å². The minimum atomic E-state index is -0.887. The van der Waals surface area contributed by atoms with E-state index in [2.05, 4.69) is 15.2 Å². The van der Waals surface area contributed by atoms with E-state index in [1.54, 1.807) is 24.5 Å². The Labute approximate surface area is 165 Å².